The molecule has 18 heavy (non-hydrogen) atoms. The van der Waals surface area contributed by atoms with E-state index in [4.69, 9.17) is 11.2 Å². The van der Waals surface area contributed by atoms with Gasteiger partial charge in [0.2, 0.25) is 0 Å². The Labute approximate surface area is 111 Å². The van der Waals surface area contributed by atoms with Crippen LogP contribution in [0.5, 0.6) is 0 Å². The molecule has 1 rings (SSSR count). The van der Waals surface area contributed by atoms with Crippen LogP contribution in [0.3, 0.4) is 0 Å². The third-order valence-corrected chi connectivity index (χ3v) is 4.00. The summed E-state index contributed by atoms with van der Waals surface area (Å²) in [5.41, 5.74) is -0.552. The van der Waals surface area contributed by atoms with Crippen LogP contribution in [-0.2, 0) is 9.53 Å². The predicted molar refractivity (Wildman–Crippen MR) is 73.1 cm³/mol. The molecule has 0 aromatic carbocycles. The molecule has 1 fully saturated rings. The van der Waals surface area contributed by atoms with E-state index < -0.39 is 5.54 Å². The summed E-state index contributed by atoms with van der Waals surface area (Å²) in [6.45, 7) is 2.64. The Kier molecular flexibility index (Phi) is 6.21. The van der Waals surface area contributed by atoms with Crippen molar-refractivity contribution in [2.24, 2.45) is 5.92 Å². The maximum atomic E-state index is 12.1. The normalized spacial score (nSPS) is 28.2. The third-order valence-electron chi connectivity index (χ3n) is 4.00. The second-order valence-electron chi connectivity index (χ2n) is 5.22. The summed E-state index contributed by atoms with van der Waals surface area (Å²) in [7, 11) is 1.45. The van der Waals surface area contributed by atoms with Gasteiger partial charge in [0.1, 0.15) is 5.54 Å². The van der Waals surface area contributed by atoms with Gasteiger partial charge in [-0.1, -0.05) is 38.5 Å². The molecule has 0 heterocycles. The van der Waals surface area contributed by atoms with Crippen LogP contribution in [0.15, 0.2) is 0 Å². The van der Waals surface area contributed by atoms with Crippen LogP contribution in [0, 0.1) is 18.3 Å². The van der Waals surface area contributed by atoms with Crippen molar-refractivity contribution in [2.45, 2.75) is 57.4 Å². The monoisotopic (exact) mass is 251 g/mol. The molecule has 1 aliphatic carbocycles. The van der Waals surface area contributed by atoms with Crippen LogP contribution in [0.25, 0.3) is 0 Å². The molecule has 0 amide bonds. The third kappa shape index (κ3) is 3.74. The maximum absolute atomic E-state index is 12.1. The first-order valence-electron chi connectivity index (χ1n) is 6.95. The zero-order valence-electron chi connectivity index (χ0n) is 11.6. The van der Waals surface area contributed by atoms with Crippen molar-refractivity contribution in [2.75, 3.05) is 13.7 Å². The molecule has 2 unspecified atom stereocenters. The Balaban J connectivity index is 2.72. The summed E-state index contributed by atoms with van der Waals surface area (Å²) in [6, 6.07) is 0. The molecule has 102 valence electrons. The Morgan fingerprint density at radius 2 is 2.28 bits per heavy atom. The standard InChI is InChI=1S/C15H25NO2/c1-4-7-13-8-6-10-15(11-9-13,14(17)18-3)16-12-5-2/h2,13,16H,4,6-12H2,1,3H3. The van der Waals surface area contributed by atoms with Crippen LogP contribution < -0.4 is 5.32 Å². The highest BCUT2D eigenvalue weighted by atomic mass is 16.5. The van der Waals surface area contributed by atoms with Crippen molar-refractivity contribution in [3.63, 3.8) is 0 Å². The second-order valence-corrected chi connectivity index (χ2v) is 5.22. The largest absolute Gasteiger partial charge is 0.468 e. The number of carbonyl (C=O) groups is 1. The highest BCUT2D eigenvalue weighted by Gasteiger charge is 2.40. The van der Waals surface area contributed by atoms with Crippen molar-refractivity contribution in [1.29, 1.82) is 0 Å². The fraction of sp³-hybridized carbons (Fsp3) is 0.800. The van der Waals surface area contributed by atoms with Crippen LogP contribution >= 0.6 is 0 Å². The van der Waals surface area contributed by atoms with E-state index in [0.717, 1.165) is 31.6 Å². The molecule has 0 spiro atoms. The number of hydrogen-bond acceptors (Lipinski definition) is 3. The first-order valence-corrected chi connectivity index (χ1v) is 6.95. The van der Waals surface area contributed by atoms with Gasteiger partial charge in [0.25, 0.3) is 0 Å². The number of ether oxygens (including phenoxy) is 1. The Hall–Kier alpha value is -1.01. The lowest BCUT2D eigenvalue weighted by Crippen LogP contribution is -2.52. The van der Waals surface area contributed by atoms with E-state index >= 15 is 0 Å². The molecule has 0 bridgehead atoms. The first-order chi connectivity index (χ1) is 8.68. The van der Waals surface area contributed by atoms with Crippen LogP contribution in [0.1, 0.15) is 51.9 Å². The van der Waals surface area contributed by atoms with Crippen molar-refractivity contribution in [1.82, 2.24) is 5.32 Å². The highest BCUT2D eigenvalue weighted by molar-refractivity contribution is 5.80. The molecule has 0 aromatic heterocycles. The number of terminal acetylenes is 1. The van der Waals surface area contributed by atoms with Crippen molar-refractivity contribution < 1.29 is 9.53 Å². The molecule has 3 heteroatoms. The van der Waals surface area contributed by atoms with E-state index in [1.54, 1.807) is 0 Å². The zero-order chi connectivity index (χ0) is 13.4. The van der Waals surface area contributed by atoms with Gasteiger partial charge in [-0.05, 0) is 25.2 Å². The lowest BCUT2D eigenvalue weighted by atomic mass is 9.89. The number of methoxy groups -OCH3 is 1. The van der Waals surface area contributed by atoms with Crippen LogP contribution in [-0.4, -0.2) is 25.2 Å². The molecular weight excluding hydrogens is 226 g/mol. The van der Waals surface area contributed by atoms with Gasteiger partial charge in [-0.2, -0.15) is 0 Å². The molecule has 2 atom stereocenters. The smallest absolute Gasteiger partial charge is 0.326 e. The van der Waals surface area contributed by atoms with E-state index in [2.05, 4.69) is 18.2 Å². The number of hydrogen-bond donors (Lipinski definition) is 1. The molecule has 1 N–H and O–H groups in total. The van der Waals surface area contributed by atoms with E-state index in [1.807, 2.05) is 0 Å². The number of esters is 1. The van der Waals surface area contributed by atoms with Gasteiger partial charge in [0, 0.05) is 0 Å². The van der Waals surface area contributed by atoms with E-state index in [1.165, 1.54) is 26.4 Å². The van der Waals surface area contributed by atoms with Gasteiger partial charge in [-0.25, -0.2) is 0 Å². The molecular formula is C15H25NO2. The highest BCUT2D eigenvalue weighted by Crippen LogP contribution is 2.33. The Bertz CT molecular complexity index is 308. The Morgan fingerprint density at radius 3 is 2.89 bits per heavy atom. The molecule has 3 nitrogen and oxygen atoms in total. The maximum Gasteiger partial charge on any atom is 0.326 e. The minimum absolute atomic E-state index is 0.158. The zero-order valence-corrected chi connectivity index (χ0v) is 11.6. The van der Waals surface area contributed by atoms with E-state index in [-0.39, 0.29) is 5.97 Å². The van der Waals surface area contributed by atoms with Gasteiger partial charge in [-0.15, -0.1) is 6.42 Å². The number of carbonyl (C=O) groups excluding carboxylic acids is 1. The minimum Gasteiger partial charge on any atom is -0.468 e. The summed E-state index contributed by atoms with van der Waals surface area (Å²) in [6.07, 6.45) is 12.8. The van der Waals surface area contributed by atoms with Gasteiger partial charge in [0.15, 0.2) is 0 Å². The van der Waals surface area contributed by atoms with E-state index in [9.17, 15) is 4.79 Å². The SMILES string of the molecule is C#CCNC1(C(=O)OC)CCCC(CCC)CC1. The fourth-order valence-corrected chi connectivity index (χ4v) is 2.98. The van der Waals surface area contributed by atoms with E-state index in [0.29, 0.717) is 6.54 Å². The molecule has 1 saturated carbocycles. The Morgan fingerprint density at radius 1 is 1.50 bits per heavy atom. The summed E-state index contributed by atoms with van der Waals surface area (Å²) in [5.74, 6) is 3.14. The van der Waals surface area contributed by atoms with Crippen molar-refractivity contribution in [3.05, 3.63) is 0 Å². The average molecular weight is 251 g/mol. The van der Waals surface area contributed by atoms with Gasteiger partial charge < -0.3 is 4.74 Å². The van der Waals surface area contributed by atoms with Crippen molar-refractivity contribution >= 4 is 5.97 Å². The number of rotatable bonds is 5. The first kappa shape index (κ1) is 15.0. The summed E-state index contributed by atoms with van der Waals surface area (Å²) >= 11 is 0. The van der Waals surface area contributed by atoms with Crippen LogP contribution in [0.4, 0.5) is 0 Å². The molecule has 0 radical (unpaired) electrons. The molecule has 1 aliphatic rings. The predicted octanol–water partition coefficient (Wildman–Crippen LogP) is 2.50. The van der Waals surface area contributed by atoms with Gasteiger partial charge in [0.05, 0.1) is 13.7 Å². The minimum atomic E-state index is -0.552. The number of nitrogens with one attached hydrogen (secondary N) is 1. The average Bonchev–Trinajstić information content (AvgIpc) is 2.60. The second kappa shape index (κ2) is 7.43. The molecule has 0 saturated heterocycles. The van der Waals surface area contributed by atoms with Crippen LogP contribution in [0.2, 0.25) is 0 Å². The summed E-state index contributed by atoms with van der Waals surface area (Å²) < 4.78 is 4.97. The van der Waals surface area contributed by atoms with Crippen molar-refractivity contribution in [3.8, 4) is 12.3 Å². The fourth-order valence-electron chi connectivity index (χ4n) is 2.98. The molecule has 0 aromatic rings. The lowest BCUT2D eigenvalue weighted by molar-refractivity contribution is -0.149. The topological polar surface area (TPSA) is 38.3 Å². The lowest BCUT2D eigenvalue weighted by Gasteiger charge is -2.30. The quantitative estimate of drug-likeness (QED) is 0.463. The van der Waals surface area contributed by atoms with Gasteiger partial charge in [-0.3, -0.25) is 10.1 Å². The summed E-state index contributed by atoms with van der Waals surface area (Å²) in [5, 5.41) is 3.23. The molecule has 0 aliphatic heterocycles. The summed E-state index contributed by atoms with van der Waals surface area (Å²) in [4.78, 5) is 12.1. The van der Waals surface area contributed by atoms with Gasteiger partial charge >= 0.3 is 5.97 Å².